The Kier molecular flexibility index (Phi) is 7.60. The number of carbonyl (C=O) groups is 1. The minimum atomic E-state index is -4.26. The number of hydrogen-bond donors (Lipinski definition) is 3. The Morgan fingerprint density at radius 1 is 1.09 bits per heavy atom. The van der Waals surface area contributed by atoms with E-state index in [1.165, 1.54) is 42.5 Å². The molecule has 3 aromatic rings. The lowest BCUT2D eigenvalue weighted by Crippen LogP contribution is -2.31. The summed E-state index contributed by atoms with van der Waals surface area (Å²) in [6, 6.07) is 9.36. The second-order valence-corrected chi connectivity index (χ2v) is 15.8. The summed E-state index contributed by atoms with van der Waals surface area (Å²) in [6.45, 7) is 6.75. The van der Waals surface area contributed by atoms with Gasteiger partial charge in [0.05, 0.1) is 12.2 Å². The number of pyridine rings is 2. The Morgan fingerprint density at radius 3 is 2.56 bits per heavy atom. The fourth-order valence-electron chi connectivity index (χ4n) is 7.86. The molecule has 11 nitrogen and oxygen atoms in total. The van der Waals surface area contributed by atoms with Gasteiger partial charge in [0.15, 0.2) is 10.8 Å². The Hall–Kier alpha value is -3.22. The number of rotatable bonds is 13. The van der Waals surface area contributed by atoms with E-state index in [9.17, 15) is 13.2 Å². The van der Waals surface area contributed by atoms with Crippen molar-refractivity contribution in [3.05, 3.63) is 53.3 Å². The van der Waals surface area contributed by atoms with Crippen LogP contribution in [0.15, 0.2) is 47.6 Å². The van der Waals surface area contributed by atoms with Crippen LogP contribution < -0.4 is 20.1 Å². The number of hydrogen-bond acceptors (Lipinski definition) is 9. The van der Waals surface area contributed by atoms with E-state index >= 15 is 0 Å². The summed E-state index contributed by atoms with van der Waals surface area (Å²) in [5.41, 5.74) is 1.42. The second-order valence-electron chi connectivity index (χ2n) is 13.8. The predicted molar refractivity (Wildman–Crippen MR) is 170 cm³/mol. The number of ether oxygens (including phenoxy) is 1. The van der Waals surface area contributed by atoms with Crippen molar-refractivity contribution in [3.8, 4) is 11.7 Å². The molecule has 1 aliphatic heterocycles. The van der Waals surface area contributed by atoms with Crippen molar-refractivity contribution < 1.29 is 17.9 Å². The third-order valence-electron chi connectivity index (χ3n) is 10.3. The van der Waals surface area contributed by atoms with Crippen LogP contribution in [0.1, 0.15) is 75.6 Å². The molecule has 3 N–H and O–H groups in total. The molecule has 1 atom stereocenters. The third-order valence-corrected chi connectivity index (χ3v) is 11.9. The van der Waals surface area contributed by atoms with E-state index in [4.69, 9.17) is 16.3 Å². The van der Waals surface area contributed by atoms with Crippen LogP contribution in [0.25, 0.3) is 5.82 Å². The molecule has 3 aromatic heterocycles. The van der Waals surface area contributed by atoms with Crippen molar-refractivity contribution in [2.45, 2.75) is 75.8 Å². The van der Waals surface area contributed by atoms with Gasteiger partial charge in [-0.2, -0.15) is 8.42 Å². The van der Waals surface area contributed by atoms with Gasteiger partial charge in [-0.1, -0.05) is 17.7 Å². The molecule has 4 heterocycles. The van der Waals surface area contributed by atoms with Crippen molar-refractivity contribution in [1.29, 1.82) is 0 Å². The number of nitrogens with zero attached hydrogens (tertiary/aromatic N) is 4. The van der Waals surface area contributed by atoms with Crippen LogP contribution in [0.4, 0.5) is 5.82 Å². The van der Waals surface area contributed by atoms with Gasteiger partial charge in [-0.25, -0.2) is 19.4 Å². The van der Waals surface area contributed by atoms with Crippen LogP contribution in [0.5, 0.6) is 5.88 Å². The lowest BCUT2D eigenvalue weighted by atomic mass is 9.94. The zero-order chi connectivity index (χ0) is 31.5. The maximum Gasteiger partial charge on any atom is 0.281 e. The van der Waals surface area contributed by atoms with Crippen LogP contribution in [-0.2, 0) is 10.0 Å². The number of nitrogens with one attached hydrogen (secondary N) is 3. The average Bonchev–Trinajstić information content (AvgIpc) is 3.95. The molecule has 1 amide bonds. The van der Waals surface area contributed by atoms with Gasteiger partial charge < -0.3 is 15.4 Å². The zero-order valence-corrected chi connectivity index (χ0v) is 27.3. The van der Waals surface area contributed by atoms with Crippen molar-refractivity contribution in [2.24, 2.45) is 22.7 Å². The summed E-state index contributed by atoms with van der Waals surface area (Å²) in [5, 5.41) is 10.7. The molecule has 4 fully saturated rings. The van der Waals surface area contributed by atoms with Gasteiger partial charge in [-0.15, -0.1) is 5.10 Å². The first-order chi connectivity index (χ1) is 21.5. The molecule has 13 heteroatoms. The summed E-state index contributed by atoms with van der Waals surface area (Å²) >= 11 is 6.34. The van der Waals surface area contributed by atoms with Gasteiger partial charge in [0.2, 0.25) is 5.88 Å². The molecule has 0 aromatic carbocycles. The Labute approximate surface area is 268 Å². The van der Waals surface area contributed by atoms with Crippen molar-refractivity contribution in [2.75, 3.05) is 25.0 Å². The maximum atomic E-state index is 13.0. The van der Waals surface area contributed by atoms with Crippen molar-refractivity contribution >= 4 is 33.3 Å². The van der Waals surface area contributed by atoms with Gasteiger partial charge in [-0.3, -0.25) is 4.79 Å². The second kappa shape index (κ2) is 11.2. The Morgan fingerprint density at radius 2 is 1.87 bits per heavy atom. The quantitative estimate of drug-likeness (QED) is 0.172. The van der Waals surface area contributed by atoms with E-state index in [-0.39, 0.29) is 21.3 Å². The van der Waals surface area contributed by atoms with Crippen LogP contribution in [0.2, 0.25) is 5.15 Å². The van der Waals surface area contributed by atoms with Crippen molar-refractivity contribution in [1.82, 2.24) is 29.8 Å². The monoisotopic (exact) mass is 653 g/mol. The minimum absolute atomic E-state index is 0.0843. The highest BCUT2D eigenvalue weighted by Gasteiger charge is 2.85. The van der Waals surface area contributed by atoms with E-state index in [0.717, 1.165) is 38.1 Å². The molecule has 45 heavy (non-hydrogen) atoms. The number of fused-ring (bicyclic) bond motifs is 1. The maximum absolute atomic E-state index is 13.0. The highest BCUT2D eigenvalue weighted by Crippen LogP contribution is 2.93. The van der Waals surface area contributed by atoms with E-state index in [1.54, 1.807) is 30.5 Å². The molecule has 1 saturated heterocycles. The minimum Gasteiger partial charge on any atom is -0.477 e. The lowest BCUT2D eigenvalue weighted by Gasteiger charge is -2.17. The Bertz CT molecular complexity index is 1700. The summed E-state index contributed by atoms with van der Waals surface area (Å²) in [4.78, 5) is 21.4. The third kappa shape index (κ3) is 6.04. The van der Waals surface area contributed by atoms with E-state index < -0.39 is 15.9 Å². The van der Waals surface area contributed by atoms with Crippen molar-refractivity contribution in [3.63, 3.8) is 0 Å². The van der Waals surface area contributed by atoms with Crippen LogP contribution in [0.3, 0.4) is 0 Å². The largest absolute Gasteiger partial charge is 0.477 e. The average molecular weight is 654 g/mol. The topological polar surface area (TPSA) is 140 Å². The Balaban J connectivity index is 0.911. The van der Waals surface area contributed by atoms with E-state index in [1.807, 2.05) is 0 Å². The summed E-state index contributed by atoms with van der Waals surface area (Å²) in [5.74, 6) is 1.83. The normalized spacial score (nSPS) is 22.0. The number of carbonyl (C=O) groups excluding carboxylic acids is 1. The summed E-state index contributed by atoms with van der Waals surface area (Å²) in [7, 11) is -4.26. The predicted octanol–water partition coefficient (Wildman–Crippen LogP) is 4.97. The van der Waals surface area contributed by atoms with Crippen LogP contribution in [0, 0.1) is 22.7 Å². The van der Waals surface area contributed by atoms with Gasteiger partial charge in [-0.05, 0) is 119 Å². The first-order valence-corrected chi connectivity index (χ1v) is 17.8. The highest BCUT2D eigenvalue weighted by atomic mass is 35.5. The molecule has 7 rings (SSSR count). The van der Waals surface area contributed by atoms with E-state index in [0.29, 0.717) is 47.4 Å². The molecule has 3 aliphatic carbocycles. The van der Waals surface area contributed by atoms with Crippen LogP contribution >= 0.6 is 11.6 Å². The number of aromatic nitrogens is 4. The molecule has 240 valence electrons. The summed E-state index contributed by atoms with van der Waals surface area (Å²) in [6.07, 6.45) is 11.5. The van der Waals surface area contributed by atoms with E-state index in [2.05, 4.69) is 44.3 Å². The van der Waals surface area contributed by atoms with Crippen LogP contribution in [-0.4, -0.2) is 59.3 Å². The molecule has 0 unspecified atom stereocenters. The first kappa shape index (κ1) is 30.4. The highest BCUT2D eigenvalue weighted by molar-refractivity contribution is 7.90. The standard InChI is InChI=1S/C32H40ClN7O4S/c1-30(2)19-21(20-35-30)5-4-16-34-24-6-3-7-27(36-24)45(42,43)39-29(41)22-8-9-25(37-28(22)33)40-17-10-26(38-40)44-18-11-23-31(12-13-31)32(23)14-15-32/h3,6-10,17,21,23,35H,4-5,11-16,18-20H2,1-2H3,(H,34,36)(H,39,41)/t21-/m0/s1. The molecule has 4 aliphatic rings. The SMILES string of the molecule is CC1(C)C[C@H](CCCNc2cccc(S(=O)(=O)NC(=O)c3ccc(-n4ccc(OCCC5C6(CC6)C56CC6)n4)nc3Cl)n2)CN1. The zero-order valence-electron chi connectivity index (χ0n) is 25.7. The summed E-state index contributed by atoms with van der Waals surface area (Å²) < 4.78 is 35.5. The van der Waals surface area contributed by atoms with Gasteiger partial charge in [0.25, 0.3) is 15.9 Å². The number of sulfonamides is 1. The lowest BCUT2D eigenvalue weighted by molar-refractivity contribution is 0.0981. The molecule has 2 spiro atoms. The first-order valence-electron chi connectivity index (χ1n) is 15.9. The van der Waals surface area contributed by atoms with Gasteiger partial charge in [0, 0.05) is 24.3 Å². The molecular formula is C32H40ClN7O4S. The molecule has 3 saturated carbocycles. The number of halogens is 1. The number of amides is 1. The molecule has 0 bridgehead atoms. The fourth-order valence-corrected chi connectivity index (χ4v) is 9.03. The fraction of sp³-hybridized carbons (Fsp3) is 0.562. The smallest absolute Gasteiger partial charge is 0.281 e. The van der Waals surface area contributed by atoms with Gasteiger partial charge >= 0.3 is 0 Å². The van der Waals surface area contributed by atoms with Gasteiger partial charge in [0.1, 0.15) is 11.0 Å². The number of anilines is 1. The molecular weight excluding hydrogens is 614 g/mol. The molecule has 0 radical (unpaired) electrons.